The van der Waals surface area contributed by atoms with Crippen LogP contribution in [0.25, 0.3) is 0 Å². The highest BCUT2D eigenvalue weighted by molar-refractivity contribution is 7.80. The van der Waals surface area contributed by atoms with Gasteiger partial charge in [-0.1, -0.05) is 34.8 Å². The summed E-state index contributed by atoms with van der Waals surface area (Å²) in [5, 5.41) is 2.76. The number of amides is 1. The second-order valence-electron chi connectivity index (χ2n) is 3.86. The van der Waals surface area contributed by atoms with E-state index in [1.807, 2.05) is 0 Å². The summed E-state index contributed by atoms with van der Waals surface area (Å²) in [5.41, 5.74) is 0.344. The number of carbonyl (C=O) groups excluding carboxylic acids is 1. The summed E-state index contributed by atoms with van der Waals surface area (Å²) in [6.07, 6.45) is 0. The molecule has 0 aliphatic rings. The van der Waals surface area contributed by atoms with Crippen LogP contribution in [0.4, 0.5) is 10.1 Å². The predicted molar refractivity (Wildman–Crippen MR) is 83.1 cm³/mol. The first-order chi connectivity index (χ1) is 9.38. The van der Waals surface area contributed by atoms with Crippen molar-refractivity contribution in [2.75, 3.05) is 5.32 Å². The zero-order valence-electron chi connectivity index (χ0n) is 9.75. The van der Waals surface area contributed by atoms with Gasteiger partial charge in [0.05, 0.1) is 26.3 Å². The van der Waals surface area contributed by atoms with Crippen LogP contribution in [0, 0.1) is 5.82 Å². The van der Waals surface area contributed by atoms with Gasteiger partial charge in [0.2, 0.25) is 0 Å². The molecule has 0 heterocycles. The number of thiol groups is 1. The van der Waals surface area contributed by atoms with Crippen LogP contribution in [-0.2, 0) is 0 Å². The Bertz CT molecular complexity index is 670. The van der Waals surface area contributed by atoms with E-state index >= 15 is 0 Å². The highest BCUT2D eigenvalue weighted by Gasteiger charge is 2.15. The lowest BCUT2D eigenvalue weighted by Gasteiger charge is -2.10. The van der Waals surface area contributed by atoms with E-state index in [0.29, 0.717) is 4.90 Å². The van der Waals surface area contributed by atoms with Crippen LogP contribution in [-0.4, -0.2) is 5.91 Å². The molecule has 1 amide bonds. The van der Waals surface area contributed by atoms with Crippen LogP contribution >= 0.6 is 47.4 Å². The van der Waals surface area contributed by atoms with Gasteiger partial charge in [-0.15, -0.1) is 12.6 Å². The third-order valence-electron chi connectivity index (χ3n) is 2.44. The molecule has 2 nitrogen and oxygen atoms in total. The molecule has 0 aromatic heterocycles. The summed E-state index contributed by atoms with van der Waals surface area (Å²) in [4.78, 5) is 12.7. The first-order valence-electron chi connectivity index (χ1n) is 5.33. The summed E-state index contributed by atoms with van der Waals surface area (Å²) < 4.78 is 13.1. The number of anilines is 1. The van der Waals surface area contributed by atoms with Crippen LogP contribution in [0.15, 0.2) is 35.2 Å². The zero-order chi connectivity index (χ0) is 14.9. The average molecular weight is 351 g/mol. The molecule has 0 bridgehead atoms. The molecule has 0 atom stereocenters. The maximum atomic E-state index is 13.1. The minimum absolute atomic E-state index is 0.00139. The molecule has 20 heavy (non-hydrogen) atoms. The van der Waals surface area contributed by atoms with Gasteiger partial charge in [-0.25, -0.2) is 4.39 Å². The fraction of sp³-hybridized carbons (Fsp3) is 0. The van der Waals surface area contributed by atoms with Crippen molar-refractivity contribution in [1.82, 2.24) is 0 Å². The lowest BCUT2D eigenvalue weighted by atomic mass is 10.2. The molecule has 0 saturated heterocycles. The lowest BCUT2D eigenvalue weighted by Crippen LogP contribution is -2.13. The van der Waals surface area contributed by atoms with Crippen LogP contribution in [0.1, 0.15) is 10.4 Å². The number of hydrogen-bond acceptors (Lipinski definition) is 2. The van der Waals surface area contributed by atoms with Crippen molar-refractivity contribution in [2.24, 2.45) is 0 Å². The first kappa shape index (κ1) is 15.4. The first-order valence-corrected chi connectivity index (χ1v) is 6.91. The third-order valence-corrected chi connectivity index (χ3v) is 3.64. The van der Waals surface area contributed by atoms with Crippen LogP contribution < -0.4 is 5.32 Å². The normalized spacial score (nSPS) is 10.4. The molecule has 0 aliphatic heterocycles. The Morgan fingerprint density at radius 1 is 1.05 bits per heavy atom. The molecule has 0 fully saturated rings. The van der Waals surface area contributed by atoms with E-state index in [1.54, 1.807) is 12.1 Å². The third kappa shape index (κ3) is 3.38. The quantitative estimate of drug-likeness (QED) is 0.705. The SMILES string of the molecule is O=C(Nc1c(Cl)cc(F)cc1Cl)c1cc(S)ccc1Cl. The number of halogens is 4. The zero-order valence-corrected chi connectivity index (χ0v) is 12.9. The number of nitrogens with one attached hydrogen (secondary N) is 1. The van der Waals surface area contributed by atoms with Crippen molar-refractivity contribution in [1.29, 1.82) is 0 Å². The van der Waals surface area contributed by atoms with E-state index in [0.717, 1.165) is 12.1 Å². The Morgan fingerprint density at radius 3 is 2.25 bits per heavy atom. The van der Waals surface area contributed by atoms with Crippen LogP contribution in [0.3, 0.4) is 0 Å². The van der Waals surface area contributed by atoms with Crippen molar-refractivity contribution in [3.05, 3.63) is 56.8 Å². The summed E-state index contributed by atoms with van der Waals surface area (Å²) in [6.45, 7) is 0. The van der Waals surface area contributed by atoms with Gasteiger partial charge in [-0.05, 0) is 30.3 Å². The number of carbonyl (C=O) groups is 1. The van der Waals surface area contributed by atoms with Crippen molar-refractivity contribution in [3.63, 3.8) is 0 Å². The van der Waals surface area contributed by atoms with Crippen LogP contribution in [0.2, 0.25) is 15.1 Å². The van der Waals surface area contributed by atoms with Gasteiger partial charge in [0, 0.05) is 4.90 Å². The number of hydrogen-bond donors (Lipinski definition) is 2. The number of benzene rings is 2. The van der Waals surface area contributed by atoms with Crippen molar-refractivity contribution in [2.45, 2.75) is 4.90 Å². The van der Waals surface area contributed by atoms with E-state index in [-0.39, 0.29) is 26.3 Å². The van der Waals surface area contributed by atoms with Gasteiger partial charge in [-0.3, -0.25) is 4.79 Å². The van der Waals surface area contributed by atoms with Gasteiger partial charge >= 0.3 is 0 Å². The Balaban J connectivity index is 2.35. The number of rotatable bonds is 2. The molecular formula is C13H7Cl3FNOS. The molecule has 0 aliphatic carbocycles. The second-order valence-corrected chi connectivity index (χ2v) is 5.60. The molecular weight excluding hydrogens is 344 g/mol. The Labute approximate surface area is 135 Å². The van der Waals surface area contributed by atoms with E-state index in [2.05, 4.69) is 17.9 Å². The molecule has 2 aromatic carbocycles. The van der Waals surface area contributed by atoms with Gasteiger partial charge in [0.1, 0.15) is 5.82 Å². The molecule has 0 saturated carbocycles. The van der Waals surface area contributed by atoms with Gasteiger partial charge in [0.25, 0.3) is 5.91 Å². The van der Waals surface area contributed by atoms with E-state index in [1.165, 1.54) is 6.07 Å². The van der Waals surface area contributed by atoms with E-state index in [9.17, 15) is 9.18 Å². The molecule has 0 radical (unpaired) electrons. The monoisotopic (exact) mass is 349 g/mol. The molecule has 7 heteroatoms. The van der Waals surface area contributed by atoms with Crippen molar-refractivity contribution in [3.8, 4) is 0 Å². The van der Waals surface area contributed by atoms with Crippen LogP contribution in [0.5, 0.6) is 0 Å². The smallest absolute Gasteiger partial charge is 0.257 e. The fourth-order valence-electron chi connectivity index (χ4n) is 1.53. The van der Waals surface area contributed by atoms with E-state index < -0.39 is 11.7 Å². The highest BCUT2D eigenvalue weighted by Crippen LogP contribution is 2.32. The van der Waals surface area contributed by atoms with Gasteiger partial charge in [0.15, 0.2) is 0 Å². The van der Waals surface area contributed by atoms with Gasteiger partial charge in [-0.2, -0.15) is 0 Å². The summed E-state index contributed by atoms with van der Waals surface area (Å²) in [5.74, 6) is -1.10. The van der Waals surface area contributed by atoms with Crippen molar-refractivity contribution < 1.29 is 9.18 Å². The molecule has 0 unspecified atom stereocenters. The summed E-state index contributed by atoms with van der Waals surface area (Å²) in [6, 6.07) is 6.82. The standard InChI is InChI=1S/C13H7Cl3FNOS/c14-9-2-1-7(20)5-8(9)13(19)18-12-10(15)3-6(17)4-11(12)16/h1-5,20H,(H,18,19). The minimum Gasteiger partial charge on any atom is -0.319 e. The average Bonchev–Trinajstić information content (AvgIpc) is 2.36. The minimum atomic E-state index is -0.589. The topological polar surface area (TPSA) is 29.1 Å². The Kier molecular flexibility index (Phi) is 4.81. The largest absolute Gasteiger partial charge is 0.319 e. The molecule has 2 rings (SSSR count). The molecule has 1 N–H and O–H groups in total. The molecule has 2 aromatic rings. The Morgan fingerprint density at radius 2 is 1.65 bits per heavy atom. The molecule has 104 valence electrons. The summed E-state index contributed by atoms with van der Waals surface area (Å²) in [7, 11) is 0. The highest BCUT2D eigenvalue weighted by atomic mass is 35.5. The maximum Gasteiger partial charge on any atom is 0.257 e. The lowest BCUT2D eigenvalue weighted by molar-refractivity contribution is 0.102. The second kappa shape index (κ2) is 6.22. The van der Waals surface area contributed by atoms with Crippen molar-refractivity contribution >= 4 is 59.0 Å². The maximum absolute atomic E-state index is 13.1. The Hall–Kier alpha value is -0.940. The predicted octanol–water partition coefficient (Wildman–Crippen LogP) is 5.33. The van der Waals surface area contributed by atoms with E-state index in [4.69, 9.17) is 34.8 Å². The molecule has 0 spiro atoms. The van der Waals surface area contributed by atoms with Gasteiger partial charge < -0.3 is 5.32 Å². The fourth-order valence-corrected chi connectivity index (χ4v) is 2.49. The summed E-state index contributed by atoms with van der Waals surface area (Å²) >= 11 is 21.8.